The molecule has 0 fully saturated rings. The molecule has 2 rings (SSSR count). The smallest absolute Gasteiger partial charge is 0.335 e. The summed E-state index contributed by atoms with van der Waals surface area (Å²) < 4.78 is 5.41. The van der Waals surface area contributed by atoms with E-state index in [1.165, 1.54) is 18.2 Å². The molecule has 2 aromatic carbocycles. The number of aromatic carboxylic acids is 1. The molecule has 0 aliphatic heterocycles. The van der Waals surface area contributed by atoms with Crippen molar-refractivity contribution in [3.05, 3.63) is 69.8 Å². The van der Waals surface area contributed by atoms with E-state index in [0.29, 0.717) is 11.3 Å². The van der Waals surface area contributed by atoms with Crippen LogP contribution >= 0.6 is 0 Å². The maximum Gasteiger partial charge on any atom is 0.335 e. The van der Waals surface area contributed by atoms with Crippen molar-refractivity contribution in [1.82, 2.24) is 0 Å². The molecule has 20 heavy (non-hydrogen) atoms. The molecule has 102 valence electrons. The summed E-state index contributed by atoms with van der Waals surface area (Å²) in [5.74, 6) is -0.704. The van der Waals surface area contributed by atoms with Gasteiger partial charge in [-0.05, 0) is 24.3 Å². The summed E-state index contributed by atoms with van der Waals surface area (Å²) in [6.45, 7) is 0.000224. The molecule has 0 saturated carbocycles. The highest BCUT2D eigenvalue weighted by atomic mass is 16.6. The third kappa shape index (κ3) is 3.11. The maximum atomic E-state index is 10.8. The van der Waals surface area contributed by atoms with Crippen molar-refractivity contribution >= 4 is 11.7 Å². The molecule has 0 spiro atoms. The van der Waals surface area contributed by atoms with Crippen LogP contribution in [0.3, 0.4) is 0 Å². The van der Waals surface area contributed by atoms with Crippen LogP contribution in [-0.4, -0.2) is 16.0 Å². The quantitative estimate of drug-likeness (QED) is 0.668. The topological polar surface area (TPSA) is 89.7 Å². The SMILES string of the molecule is O=C(O)c1cccc(OCc2ccccc2[N+](=O)[O-])c1. The number of hydrogen-bond donors (Lipinski definition) is 1. The average Bonchev–Trinajstić information content (AvgIpc) is 2.45. The van der Waals surface area contributed by atoms with E-state index in [2.05, 4.69) is 0 Å². The molecule has 6 heteroatoms. The van der Waals surface area contributed by atoms with Gasteiger partial charge in [-0.2, -0.15) is 0 Å². The largest absolute Gasteiger partial charge is 0.489 e. The Balaban J connectivity index is 2.15. The highest BCUT2D eigenvalue weighted by Gasteiger charge is 2.13. The molecule has 2 aromatic rings. The minimum atomic E-state index is -1.05. The predicted molar refractivity (Wildman–Crippen MR) is 70.8 cm³/mol. The van der Waals surface area contributed by atoms with Gasteiger partial charge in [-0.1, -0.05) is 18.2 Å². The third-order valence-electron chi connectivity index (χ3n) is 2.66. The summed E-state index contributed by atoms with van der Waals surface area (Å²) in [6, 6.07) is 12.2. The van der Waals surface area contributed by atoms with Crippen molar-refractivity contribution < 1.29 is 19.6 Å². The molecule has 0 heterocycles. The first kappa shape index (κ1) is 13.5. The minimum absolute atomic E-state index is 0.000224. The number of carboxylic acid groups (broad SMARTS) is 1. The summed E-state index contributed by atoms with van der Waals surface area (Å²) >= 11 is 0. The Bertz CT molecular complexity index is 654. The predicted octanol–water partition coefficient (Wildman–Crippen LogP) is 2.87. The van der Waals surface area contributed by atoms with Crippen LogP contribution < -0.4 is 4.74 Å². The molecule has 0 atom stereocenters. The van der Waals surface area contributed by atoms with Gasteiger partial charge in [0.15, 0.2) is 0 Å². The number of nitro groups is 1. The first-order valence-electron chi connectivity index (χ1n) is 5.76. The first-order chi connectivity index (χ1) is 9.58. The Kier molecular flexibility index (Phi) is 3.95. The van der Waals surface area contributed by atoms with Gasteiger partial charge < -0.3 is 9.84 Å². The van der Waals surface area contributed by atoms with Crippen LogP contribution in [0.2, 0.25) is 0 Å². The number of para-hydroxylation sites is 1. The van der Waals surface area contributed by atoms with E-state index < -0.39 is 10.9 Å². The van der Waals surface area contributed by atoms with Gasteiger partial charge in [-0.25, -0.2) is 4.79 Å². The molecule has 0 amide bonds. The van der Waals surface area contributed by atoms with Crippen molar-refractivity contribution in [3.8, 4) is 5.75 Å². The second-order valence-electron chi connectivity index (χ2n) is 4.01. The van der Waals surface area contributed by atoms with Crippen molar-refractivity contribution in [1.29, 1.82) is 0 Å². The second kappa shape index (κ2) is 5.83. The van der Waals surface area contributed by atoms with Gasteiger partial charge in [0.05, 0.1) is 16.1 Å². The zero-order chi connectivity index (χ0) is 14.5. The monoisotopic (exact) mass is 273 g/mol. The van der Waals surface area contributed by atoms with E-state index in [1.54, 1.807) is 30.3 Å². The lowest BCUT2D eigenvalue weighted by atomic mass is 10.2. The van der Waals surface area contributed by atoms with Crippen LogP contribution in [0.4, 0.5) is 5.69 Å². The molecular formula is C14H11NO5. The fourth-order valence-corrected chi connectivity index (χ4v) is 1.69. The Morgan fingerprint density at radius 2 is 1.95 bits per heavy atom. The Morgan fingerprint density at radius 3 is 2.65 bits per heavy atom. The van der Waals surface area contributed by atoms with Crippen molar-refractivity contribution in [2.24, 2.45) is 0 Å². The molecular weight excluding hydrogens is 262 g/mol. The van der Waals surface area contributed by atoms with Crippen LogP contribution in [0.5, 0.6) is 5.75 Å². The molecule has 0 saturated heterocycles. The summed E-state index contributed by atoms with van der Waals surface area (Å²) in [6.07, 6.45) is 0. The zero-order valence-electron chi connectivity index (χ0n) is 10.4. The van der Waals surface area contributed by atoms with Crippen LogP contribution in [-0.2, 0) is 6.61 Å². The molecule has 6 nitrogen and oxygen atoms in total. The lowest BCUT2D eigenvalue weighted by Gasteiger charge is -2.07. The van der Waals surface area contributed by atoms with E-state index in [9.17, 15) is 14.9 Å². The number of carboxylic acids is 1. The fraction of sp³-hybridized carbons (Fsp3) is 0.0714. The first-order valence-corrected chi connectivity index (χ1v) is 5.76. The molecule has 0 bridgehead atoms. The number of ether oxygens (including phenoxy) is 1. The number of benzene rings is 2. The van der Waals surface area contributed by atoms with Crippen LogP contribution in [0, 0.1) is 10.1 Å². The van der Waals surface area contributed by atoms with Gasteiger partial charge in [-0.3, -0.25) is 10.1 Å². The summed E-state index contributed by atoms with van der Waals surface area (Å²) in [4.78, 5) is 21.2. The maximum absolute atomic E-state index is 10.8. The summed E-state index contributed by atoms with van der Waals surface area (Å²) in [7, 11) is 0. The fourth-order valence-electron chi connectivity index (χ4n) is 1.69. The third-order valence-corrected chi connectivity index (χ3v) is 2.66. The molecule has 0 aliphatic rings. The molecule has 1 N–H and O–H groups in total. The standard InChI is InChI=1S/C14H11NO5/c16-14(17)10-5-3-6-12(8-10)20-9-11-4-1-2-7-13(11)15(18)19/h1-8H,9H2,(H,16,17). The highest BCUT2D eigenvalue weighted by molar-refractivity contribution is 5.87. The van der Waals surface area contributed by atoms with Gasteiger partial charge in [0, 0.05) is 6.07 Å². The van der Waals surface area contributed by atoms with E-state index in [1.807, 2.05) is 0 Å². The molecule has 0 radical (unpaired) electrons. The van der Waals surface area contributed by atoms with Gasteiger partial charge >= 0.3 is 5.97 Å². The number of rotatable bonds is 5. The van der Waals surface area contributed by atoms with Crippen molar-refractivity contribution in [3.63, 3.8) is 0 Å². The van der Waals surface area contributed by atoms with Crippen LogP contribution in [0.25, 0.3) is 0 Å². The Labute approximate surface area is 114 Å². The van der Waals surface area contributed by atoms with E-state index >= 15 is 0 Å². The lowest BCUT2D eigenvalue weighted by Crippen LogP contribution is -2.01. The molecule has 0 aromatic heterocycles. The van der Waals surface area contributed by atoms with Crippen molar-refractivity contribution in [2.45, 2.75) is 6.61 Å². The second-order valence-corrected chi connectivity index (χ2v) is 4.01. The van der Waals surface area contributed by atoms with Crippen molar-refractivity contribution in [2.75, 3.05) is 0 Å². The van der Waals surface area contributed by atoms with Gasteiger partial charge in [0.1, 0.15) is 12.4 Å². The summed E-state index contributed by atoms with van der Waals surface area (Å²) in [5.41, 5.74) is 0.505. The Morgan fingerprint density at radius 1 is 1.20 bits per heavy atom. The minimum Gasteiger partial charge on any atom is -0.489 e. The van der Waals surface area contributed by atoms with E-state index in [-0.39, 0.29) is 17.9 Å². The van der Waals surface area contributed by atoms with E-state index in [0.717, 1.165) is 0 Å². The normalized spacial score (nSPS) is 10.0. The summed E-state index contributed by atoms with van der Waals surface area (Å²) in [5, 5.41) is 19.7. The van der Waals surface area contributed by atoms with Crippen LogP contribution in [0.15, 0.2) is 48.5 Å². The number of nitrogens with zero attached hydrogens (tertiary/aromatic N) is 1. The highest BCUT2D eigenvalue weighted by Crippen LogP contribution is 2.21. The average molecular weight is 273 g/mol. The number of carbonyl (C=O) groups is 1. The van der Waals surface area contributed by atoms with Gasteiger partial charge in [0.2, 0.25) is 0 Å². The lowest BCUT2D eigenvalue weighted by molar-refractivity contribution is -0.385. The van der Waals surface area contributed by atoms with Gasteiger partial charge in [0.25, 0.3) is 5.69 Å². The number of nitro benzene ring substituents is 1. The zero-order valence-corrected chi connectivity index (χ0v) is 10.4. The van der Waals surface area contributed by atoms with E-state index in [4.69, 9.17) is 9.84 Å². The molecule has 0 aliphatic carbocycles. The molecule has 0 unspecified atom stereocenters. The van der Waals surface area contributed by atoms with Crippen LogP contribution in [0.1, 0.15) is 15.9 Å². The van der Waals surface area contributed by atoms with Gasteiger partial charge in [-0.15, -0.1) is 0 Å². The Hall–Kier alpha value is -2.89. The number of hydrogen-bond acceptors (Lipinski definition) is 4.